The van der Waals surface area contributed by atoms with Gasteiger partial charge in [0, 0.05) is 19.6 Å². The molecule has 1 aliphatic rings. The van der Waals surface area contributed by atoms with E-state index in [-0.39, 0.29) is 17.5 Å². The Morgan fingerprint density at radius 3 is 2.80 bits per heavy atom. The van der Waals surface area contributed by atoms with Crippen LogP contribution in [0.15, 0.2) is 18.2 Å². The third-order valence-corrected chi connectivity index (χ3v) is 5.80. The van der Waals surface area contributed by atoms with Crippen molar-refractivity contribution in [1.29, 1.82) is 0 Å². The summed E-state index contributed by atoms with van der Waals surface area (Å²) in [6.45, 7) is 3.67. The van der Waals surface area contributed by atoms with Gasteiger partial charge in [0.15, 0.2) is 9.84 Å². The van der Waals surface area contributed by atoms with Crippen molar-refractivity contribution in [3.8, 4) is 0 Å². The molecule has 1 fully saturated rings. The van der Waals surface area contributed by atoms with Gasteiger partial charge in [-0.3, -0.25) is 0 Å². The number of hydrogen-bond donors (Lipinski definition) is 1. The molecule has 0 amide bonds. The second kappa shape index (κ2) is 6.33. The highest BCUT2D eigenvalue weighted by atomic mass is 35.5. The predicted octanol–water partition coefficient (Wildman–Crippen LogP) is 2.07. The van der Waals surface area contributed by atoms with Gasteiger partial charge in [0.1, 0.15) is 0 Å². The maximum atomic E-state index is 11.6. The van der Waals surface area contributed by atoms with Crippen LogP contribution in [-0.4, -0.2) is 39.6 Å². The van der Waals surface area contributed by atoms with Gasteiger partial charge in [-0.1, -0.05) is 30.7 Å². The van der Waals surface area contributed by atoms with Gasteiger partial charge < -0.3 is 10.2 Å². The standard InChI is InChI=1S/C14H21ClN2O2S/c1-3-16-9-11-5-4-6-13(15)14(11)17(2)12-7-8-20(18,19)10-12/h4-6,12,16H,3,7-10H2,1-2H3. The van der Waals surface area contributed by atoms with E-state index >= 15 is 0 Å². The second-order valence-electron chi connectivity index (χ2n) is 5.20. The molecule has 0 bridgehead atoms. The molecule has 1 aromatic rings. The first-order valence-electron chi connectivity index (χ1n) is 6.86. The number of benzene rings is 1. The molecule has 112 valence electrons. The van der Waals surface area contributed by atoms with Crippen molar-refractivity contribution >= 4 is 27.1 Å². The van der Waals surface area contributed by atoms with Gasteiger partial charge in [0.2, 0.25) is 0 Å². The molecule has 2 rings (SSSR count). The van der Waals surface area contributed by atoms with Gasteiger partial charge in [-0.05, 0) is 24.6 Å². The van der Waals surface area contributed by atoms with E-state index in [0.717, 1.165) is 24.3 Å². The molecular formula is C14H21ClN2O2S. The second-order valence-corrected chi connectivity index (χ2v) is 7.83. The summed E-state index contributed by atoms with van der Waals surface area (Å²) >= 11 is 6.33. The fourth-order valence-corrected chi connectivity index (χ4v) is 4.72. The van der Waals surface area contributed by atoms with E-state index in [1.807, 2.05) is 30.1 Å². The zero-order valence-electron chi connectivity index (χ0n) is 11.9. The van der Waals surface area contributed by atoms with E-state index in [1.54, 1.807) is 0 Å². The van der Waals surface area contributed by atoms with Crippen LogP contribution in [0.25, 0.3) is 0 Å². The molecule has 1 heterocycles. The Kier molecular flexibility index (Phi) is 4.94. The van der Waals surface area contributed by atoms with Crippen molar-refractivity contribution in [2.45, 2.75) is 25.9 Å². The van der Waals surface area contributed by atoms with Crippen molar-refractivity contribution in [3.05, 3.63) is 28.8 Å². The Labute approximate surface area is 126 Å². The highest BCUT2D eigenvalue weighted by Crippen LogP contribution is 2.32. The molecule has 1 unspecified atom stereocenters. The third kappa shape index (κ3) is 3.45. The number of nitrogens with zero attached hydrogens (tertiary/aromatic N) is 1. The van der Waals surface area contributed by atoms with Crippen LogP contribution in [0.3, 0.4) is 0 Å². The lowest BCUT2D eigenvalue weighted by Crippen LogP contribution is -2.34. The Morgan fingerprint density at radius 1 is 1.45 bits per heavy atom. The Bertz CT molecular complexity index is 575. The number of hydrogen-bond acceptors (Lipinski definition) is 4. The van der Waals surface area contributed by atoms with Gasteiger partial charge in [-0.2, -0.15) is 0 Å². The molecule has 0 spiro atoms. The van der Waals surface area contributed by atoms with Crippen LogP contribution in [0.4, 0.5) is 5.69 Å². The van der Waals surface area contributed by atoms with Crippen molar-refractivity contribution < 1.29 is 8.42 Å². The van der Waals surface area contributed by atoms with Crippen molar-refractivity contribution in [1.82, 2.24) is 5.32 Å². The topological polar surface area (TPSA) is 49.4 Å². The summed E-state index contributed by atoms with van der Waals surface area (Å²) in [7, 11) is -0.959. The number of para-hydroxylation sites is 1. The summed E-state index contributed by atoms with van der Waals surface area (Å²) in [6, 6.07) is 5.83. The van der Waals surface area contributed by atoms with Crippen LogP contribution in [0.5, 0.6) is 0 Å². The summed E-state index contributed by atoms with van der Waals surface area (Å²) in [4.78, 5) is 2.03. The molecule has 1 atom stereocenters. The van der Waals surface area contributed by atoms with Gasteiger partial charge in [0.25, 0.3) is 0 Å². The maximum Gasteiger partial charge on any atom is 0.152 e. The Hall–Kier alpha value is -0.780. The molecular weight excluding hydrogens is 296 g/mol. The van der Waals surface area contributed by atoms with E-state index in [4.69, 9.17) is 11.6 Å². The van der Waals surface area contributed by atoms with Crippen LogP contribution in [0, 0.1) is 0 Å². The minimum Gasteiger partial charge on any atom is -0.369 e. The van der Waals surface area contributed by atoms with Crippen LogP contribution in [0.2, 0.25) is 5.02 Å². The fraction of sp³-hybridized carbons (Fsp3) is 0.571. The van der Waals surface area contributed by atoms with Crippen molar-refractivity contribution in [2.24, 2.45) is 0 Å². The minimum absolute atomic E-state index is 0.0141. The normalized spacial score (nSPS) is 21.1. The molecule has 0 aromatic heterocycles. The van der Waals surface area contributed by atoms with Gasteiger partial charge in [-0.25, -0.2) is 8.42 Å². The van der Waals surface area contributed by atoms with Gasteiger partial charge >= 0.3 is 0 Å². The molecule has 0 radical (unpaired) electrons. The maximum absolute atomic E-state index is 11.6. The van der Waals surface area contributed by atoms with Gasteiger partial charge in [-0.15, -0.1) is 0 Å². The molecule has 1 aromatic carbocycles. The van der Waals surface area contributed by atoms with Crippen LogP contribution in [-0.2, 0) is 16.4 Å². The van der Waals surface area contributed by atoms with E-state index in [1.165, 1.54) is 0 Å². The van der Waals surface area contributed by atoms with E-state index in [9.17, 15) is 8.42 Å². The SMILES string of the molecule is CCNCc1cccc(Cl)c1N(C)C1CCS(=O)(=O)C1. The Morgan fingerprint density at radius 2 is 2.20 bits per heavy atom. The molecule has 0 saturated carbocycles. The quantitative estimate of drug-likeness (QED) is 0.903. The molecule has 6 heteroatoms. The largest absolute Gasteiger partial charge is 0.369 e. The zero-order chi connectivity index (χ0) is 14.8. The number of nitrogens with one attached hydrogen (secondary N) is 1. The third-order valence-electron chi connectivity index (χ3n) is 3.74. The van der Waals surface area contributed by atoms with E-state index < -0.39 is 9.84 Å². The lowest BCUT2D eigenvalue weighted by molar-refractivity contribution is 0.600. The number of rotatable bonds is 5. The molecule has 20 heavy (non-hydrogen) atoms. The monoisotopic (exact) mass is 316 g/mol. The average Bonchev–Trinajstić information content (AvgIpc) is 2.76. The van der Waals surface area contributed by atoms with Crippen molar-refractivity contribution in [2.75, 3.05) is 30.0 Å². The molecule has 1 N–H and O–H groups in total. The average molecular weight is 317 g/mol. The first-order valence-corrected chi connectivity index (χ1v) is 9.06. The Balaban J connectivity index is 2.26. The number of sulfone groups is 1. The fourth-order valence-electron chi connectivity index (χ4n) is 2.62. The summed E-state index contributed by atoms with van der Waals surface area (Å²) in [6.07, 6.45) is 0.671. The van der Waals surface area contributed by atoms with Crippen LogP contribution < -0.4 is 10.2 Å². The van der Waals surface area contributed by atoms with E-state index in [0.29, 0.717) is 11.4 Å². The zero-order valence-corrected chi connectivity index (χ0v) is 13.5. The summed E-state index contributed by atoms with van der Waals surface area (Å²) in [5, 5.41) is 3.96. The predicted molar refractivity (Wildman–Crippen MR) is 84.3 cm³/mol. The minimum atomic E-state index is -2.89. The highest BCUT2D eigenvalue weighted by Gasteiger charge is 2.32. The summed E-state index contributed by atoms with van der Waals surface area (Å²) in [5.41, 5.74) is 2.04. The lowest BCUT2D eigenvalue weighted by atomic mass is 10.1. The first kappa shape index (κ1) is 15.6. The molecule has 1 aliphatic heterocycles. The lowest BCUT2D eigenvalue weighted by Gasteiger charge is -2.29. The number of anilines is 1. The molecule has 0 aliphatic carbocycles. The highest BCUT2D eigenvalue weighted by molar-refractivity contribution is 7.91. The van der Waals surface area contributed by atoms with Gasteiger partial charge in [0.05, 0.1) is 22.2 Å². The smallest absolute Gasteiger partial charge is 0.152 e. The van der Waals surface area contributed by atoms with Crippen LogP contribution in [0.1, 0.15) is 18.9 Å². The van der Waals surface area contributed by atoms with E-state index in [2.05, 4.69) is 12.2 Å². The summed E-state index contributed by atoms with van der Waals surface area (Å²) in [5.74, 6) is 0.490. The summed E-state index contributed by atoms with van der Waals surface area (Å²) < 4.78 is 23.3. The number of halogens is 1. The molecule has 4 nitrogen and oxygen atoms in total. The van der Waals surface area contributed by atoms with Crippen molar-refractivity contribution in [3.63, 3.8) is 0 Å². The van der Waals surface area contributed by atoms with Crippen LogP contribution >= 0.6 is 11.6 Å². The molecule has 1 saturated heterocycles. The first-order chi connectivity index (χ1) is 9.44.